The van der Waals surface area contributed by atoms with Crippen molar-refractivity contribution in [3.8, 4) is 5.69 Å². The number of rotatable bonds is 8. The molecule has 0 bridgehead atoms. The lowest BCUT2D eigenvalue weighted by Gasteiger charge is -2.21. The maximum absolute atomic E-state index is 13.5. The van der Waals surface area contributed by atoms with E-state index in [4.69, 9.17) is 5.73 Å². The molecule has 2 fully saturated rings. The topological polar surface area (TPSA) is 102 Å². The highest BCUT2D eigenvalue weighted by atomic mass is 32.2. The third kappa shape index (κ3) is 4.38. The maximum atomic E-state index is 13.5. The Labute approximate surface area is 200 Å². The van der Waals surface area contributed by atoms with E-state index in [0.29, 0.717) is 18.8 Å². The average Bonchev–Trinajstić information content (AvgIpc) is 3.54. The van der Waals surface area contributed by atoms with Crippen molar-refractivity contribution in [1.82, 2.24) is 19.0 Å². The molecule has 2 aliphatic heterocycles. The van der Waals surface area contributed by atoms with Gasteiger partial charge in [-0.15, -0.1) is 0 Å². The fourth-order valence-corrected chi connectivity index (χ4v) is 6.75. The van der Waals surface area contributed by atoms with E-state index in [0.717, 1.165) is 26.1 Å². The second-order valence-corrected chi connectivity index (χ2v) is 10.9. The molecule has 2 saturated heterocycles. The van der Waals surface area contributed by atoms with E-state index in [1.54, 1.807) is 24.3 Å². The Bertz CT molecular complexity index is 1250. The van der Waals surface area contributed by atoms with Crippen LogP contribution in [0.15, 0.2) is 71.8 Å². The molecule has 0 aliphatic carbocycles. The summed E-state index contributed by atoms with van der Waals surface area (Å²) >= 11 is 0. The number of amides is 1. The van der Waals surface area contributed by atoms with Gasteiger partial charge in [0.1, 0.15) is 4.90 Å². The predicted molar refractivity (Wildman–Crippen MR) is 129 cm³/mol. The lowest BCUT2D eigenvalue weighted by Crippen LogP contribution is -2.34. The minimum atomic E-state index is -3.89. The van der Waals surface area contributed by atoms with Gasteiger partial charge in [-0.25, -0.2) is 13.1 Å². The number of carbonyl (C=O) groups excluding carboxylic acids is 1. The molecular weight excluding hydrogens is 450 g/mol. The van der Waals surface area contributed by atoms with Gasteiger partial charge in [0, 0.05) is 26.2 Å². The van der Waals surface area contributed by atoms with Crippen LogP contribution in [0, 0.1) is 18.3 Å². The first-order valence-electron chi connectivity index (χ1n) is 11.5. The van der Waals surface area contributed by atoms with Crippen molar-refractivity contribution in [2.24, 2.45) is 17.6 Å². The van der Waals surface area contributed by atoms with Crippen LogP contribution in [0.3, 0.4) is 0 Å². The molecule has 3 aromatic rings. The third-order valence-corrected chi connectivity index (χ3v) is 8.57. The molecule has 177 valence electrons. The molecule has 0 spiro atoms. The van der Waals surface area contributed by atoms with Crippen molar-refractivity contribution in [2.45, 2.75) is 11.3 Å². The first kappa shape index (κ1) is 22.8. The molecule has 2 aromatic carbocycles. The second kappa shape index (κ2) is 9.32. The van der Waals surface area contributed by atoms with Crippen LogP contribution < -0.4 is 5.73 Å². The summed E-state index contributed by atoms with van der Waals surface area (Å²) in [4.78, 5) is 14.5. The molecule has 2 aliphatic rings. The zero-order chi connectivity index (χ0) is 23.7. The first-order chi connectivity index (χ1) is 16.4. The van der Waals surface area contributed by atoms with E-state index in [2.05, 4.69) is 28.6 Å². The zero-order valence-corrected chi connectivity index (χ0v) is 19.6. The van der Waals surface area contributed by atoms with Gasteiger partial charge in [0.05, 0.1) is 11.9 Å². The molecule has 2 N–H and O–H groups in total. The van der Waals surface area contributed by atoms with Crippen molar-refractivity contribution < 1.29 is 13.2 Å². The van der Waals surface area contributed by atoms with Crippen LogP contribution in [0.25, 0.3) is 5.69 Å². The standard InChI is InChI=1S/C25H28N5O3S/c26-25(31)24-23(14-27-30(24)22-11-5-2-6-12-22)34(32,33)29-17-20-15-28(16-21(20)18-29)13-7-10-19-8-3-1-4-9-19/h1-6,8-12,14,20-21H,7,13,15-18H2,(H2,26,31)/t20-,21?/m0/s1. The molecule has 2 atom stereocenters. The molecule has 3 heterocycles. The fraction of sp³-hybridized carbons (Fsp3) is 0.320. The highest BCUT2D eigenvalue weighted by molar-refractivity contribution is 7.89. The molecule has 5 rings (SSSR count). The molecule has 0 saturated carbocycles. The summed E-state index contributed by atoms with van der Waals surface area (Å²) in [5.74, 6) is -0.249. The molecule has 1 radical (unpaired) electrons. The van der Waals surface area contributed by atoms with Crippen molar-refractivity contribution in [2.75, 3.05) is 32.7 Å². The van der Waals surface area contributed by atoms with Gasteiger partial charge in [-0.2, -0.15) is 9.40 Å². The van der Waals surface area contributed by atoms with Gasteiger partial charge in [-0.05, 0) is 48.9 Å². The lowest BCUT2D eigenvalue weighted by molar-refractivity contribution is 0.0989. The van der Waals surface area contributed by atoms with Crippen molar-refractivity contribution in [3.63, 3.8) is 0 Å². The van der Waals surface area contributed by atoms with Crippen LogP contribution >= 0.6 is 0 Å². The molecule has 1 amide bonds. The second-order valence-electron chi connectivity index (χ2n) is 8.97. The van der Waals surface area contributed by atoms with Gasteiger partial charge < -0.3 is 10.6 Å². The summed E-state index contributed by atoms with van der Waals surface area (Å²) in [6.07, 6.45) is 4.44. The van der Waals surface area contributed by atoms with E-state index in [1.165, 1.54) is 20.7 Å². The summed E-state index contributed by atoms with van der Waals surface area (Å²) in [6, 6.07) is 19.2. The van der Waals surface area contributed by atoms with E-state index < -0.39 is 15.9 Å². The van der Waals surface area contributed by atoms with Crippen LogP contribution in [-0.2, 0) is 10.0 Å². The Balaban J connectivity index is 1.25. The number of nitrogens with two attached hydrogens (primary N) is 1. The van der Waals surface area contributed by atoms with Gasteiger partial charge in [-0.1, -0.05) is 48.5 Å². The number of nitrogens with zero attached hydrogens (tertiary/aromatic N) is 4. The highest BCUT2D eigenvalue weighted by Gasteiger charge is 2.45. The van der Waals surface area contributed by atoms with Gasteiger partial charge >= 0.3 is 0 Å². The highest BCUT2D eigenvalue weighted by Crippen LogP contribution is 2.35. The predicted octanol–water partition coefficient (Wildman–Crippen LogP) is 2.17. The number of para-hydroxylation sites is 1. The Morgan fingerprint density at radius 3 is 2.21 bits per heavy atom. The van der Waals surface area contributed by atoms with Crippen LogP contribution in [0.5, 0.6) is 0 Å². The quantitative estimate of drug-likeness (QED) is 0.535. The largest absolute Gasteiger partial charge is 0.364 e. The van der Waals surface area contributed by atoms with E-state index >= 15 is 0 Å². The summed E-state index contributed by atoms with van der Waals surface area (Å²) < 4.78 is 29.8. The SMILES string of the molecule is NC(=O)c1c(S(=O)(=O)N2CC3CN(CC[CH]c4ccccc4)C[C@H]3C2)cnn1-c1ccccc1. The summed E-state index contributed by atoms with van der Waals surface area (Å²) in [5, 5.41) is 4.19. The summed E-state index contributed by atoms with van der Waals surface area (Å²) in [5.41, 5.74) is 7.29. The Kier molecular flexibility index (Phi) is 6.24. The number of sulfonamides is 1. The minimum absolute atomic E-state index is 0.110. The van der Waals surface area contributed by atoms with E-state index in [-0.39, 0.29) is 22.4 Å². The third-order valence-electron chi connectivity index (χ3n) is 6.74. The number of hydrogen-bond acceptors (Lipinski definition) is 5. The molecule has 1 aromatic heterocycles. The van der Waals surface area contributed by atoms with Gasteiger partial charge in [0.15, 0.2) is 5.69 Å². The molecular formula is C25H28N5O3S. The maximum Gasteiger partial charge on any atom is 0.268 e. The smallest absolute Gasteiger partial charge is 0.268 e. The molecule has 34 heavy (non-hydrogen) atoms. The average molecular weight is 479 g/mol. The minimum Gasteiger partial charge on any atom is -0.364 e. The van der Waals surface area contributed by atoms with Crippen LogP contribution in [0.2, 0.25) is 0 Å². The number of hydrogen-bond donors (Lipinski definition) is 1. The number of fused-ring (bicyclic) bond motifs is 1. The Hall–Kier alpha value is -3.01. The number of benzene rings is 2. The van der Waals surface area contributed by atoms with Crippen LogP contribution in [-0.4, -0.2) is 66.0 Å². The van der Waals surface area contributed by atoms with Crippen LogP contribution in [0.4, 0.5) is 0 Å². The number of primary amides is 1. The van der Waals surface area contributed by atoms with E-state index in [9.17, 15) is 13.2 Å². The van der Waals surface area contributed by atoms with Gasteiger partial charge in [-0.3, -0.25) is 4.79 Å². The monoisotopic (exact) mass is 478 g/mol. The molecule has 8 nitrogen and oxygen atoms in total. The number of likely N-dealkylation sites (tertiary alicyclic amines) is 1. The van der Waals surface area contributed by atoms with Crippen LogP contribution in [0.1, 0.15) is 22.5 Å². The van der Waals surface area contributed by atoms with Crippen molar-refractivity contribution in [1.29, 1.82) is 0 Å². The van der Waals surface area contributed by atoms with Crippen molar-refractivity contribution in [3.05, 3.63) is 84.5 Å². The Morgan fingerprint density at radius 1 is 0.971 bits per heavy atom. The summed E-state index contributed by atoms with van der Waals surface area (Å²) in [7, 11) is -3.89. The normalized spacial score (nSPS) is 21.1. The fourth-order valence-electron chi connectivity index (χ4n) is 5.08. The molecule has 1 unspecified atom stereocenters. The first-order valence-corrected chi connectivity index (χ1v) is 12.9. The van der Waals surface area contributed by atoms with Gasteiger partial charge in [0.2, 0.25) is 10.0 Å². The van der Waals surface area contributed by atoms with Gasteiger partial charge in [0.25, 0.3) is 5.91 Å². The molecule has 9 heteroatoms. The van der Waals surface area contributed by atoms with Crippen molar-refractivity contribution >= 4 is 15.9 Å². The van der Waals surface area contributed by atoms with E-state index in [1.807, 2.05) is 24.3 Å². The summed E-state index contributed by atoms with van der Waals surface area (Å²) in [6.45, 7) is 3.61. The number of carbonyl (C=O) groups is 1. The zero-order valence-electron chi connectivity index (χ0n) is 18.8. The number of aromatic nitrogens is 2. The Morgan fingerprint density at radius 2 is 1.59 bits per heavy atom. The lowest BCUT2D eigenvalue weighted by atomic mass is 10.0.